The first kappa shape index (κ1) is 17.3. The van der Waals surface area contributed by atoms with Crippen LogP contribution in [0.15, 0.2) is 30.3 Å². The lowest BCUT2D eigenvalue weighted by Crippen LogP contribution is -2.19. The number of nitrogens with one attached hydrogen (secondary N) is 1. The first-order valence-electron chi connectivity index (χ1n) is 6.96. The molecule has 1 N–H and O–H groups in total. The van der Waals surface area contributed by atoms with Gasteiger partial charge in [0.15, 0.2) is 6.61 Å². The fourth-order valence-electron chi connectivity index (χ4n) is 1.82. The average Bonchev–Trinajstić information content (AvgIpc) is 2.87. The summed E-state index contributed by atoms with van der Waals surface area (Å²) in [5.74, 6) is -0.275. The normalized spacial score (nSPS) is 10.2. The van der Waals surface area contributed by atoms with Crippen LogP contribution in [0.25, 0.3) is 0 Å². The van der Waals surface area contributed by atoms with Crippen LogP contribution < -0.4 is 10.1 Å². The first-order valence-corrected chi connectivity index (χ1v) is 8.15. The van der Waals surface area contributed by atoms with E-state index in [0.29, 0.717) is 27.3 Å². The summed E-state index contributed by atoms with van der Waals surface area (Å²) in [4.78, 5) is 24.2. The third kappa shape index (κ3) is 4.71. The average molecular weight is 354 g/mol. The number of aryl methyl sites for hydroxylation is 1. The number of ether oxygens (including phenoxy) is 2. The Morgan fingerprint density at radius 3 is 2.74 bits per heavy atom. The third-order valence-electron chi connectivity index (χ3n) is 2.84. The van der Waals surface area contributed by atoms with Crippen molar-refractivity contribution < 1.29 is 19.1 Å². The minimum atomic E-state index is -0.386. The summed E-state index contributed by atoms with van der Waals surface area (Å²) in [6, 6.07) is 8.64. The number of carbonyl (C=O) groups excluding carboxylic acids is 2. The van der Waals surface area contributed by atoms with E-state index < -0.39 is 0 Å². The molecule has 2 aromatic rings. The molecule has 0 spiro atoms. The van der Waals surface area contributed by atoms with Gasteiger partial charge in [0, 0.05) is 0 Å². The number of para-hydroxylation sites is 1. The van der Waals surface area contributed by atoms with E-state index in [4.69, 9.17) is 21.1 Å². The van der Waals surface area contributed by atoms with E-state index in [1.807, 2.05) is 0 Å². The molecule has 1 aromatic carbocycles. The zero-order valence-corrected chi connectivity index (χ0v) is 14.3. The molecule has 0 aliphatic carbocycles. The predicted molar refractivity (Wildman–Crippen MR) is 90.6 cm³/mol. The highest BCUT2D eigenvalue weighted by Crippen LogP contribution is 2.27. The van der Waals surface area contributed by atoms with Crippen LogP contribution in [-0.4, -0.2) is 25.1 Å². The van der Waals surface area contributed by atoms with Crippen LogP contribution in [0.4, 0.5) is 5.00 Å². The monoisotopic (exact) mass is 353 g/mol. The Bertz CT molecular complexity index is 714. The molecule has 1 heterocycles. The Balaban J connectivity index is 1.94. The maximum Gasteiger partial charge on any atom is 0.348 e. The topological polar surface area (TPSA) is 64.6 Å². The summed E-state index contributed by atoms with van der Waals surface area (Å²) in [5.41, 5.74) is 0.760. The summed E-state index contributed by atoms with van der Waals surface area (Å²) in [6.07, 6.45) is 0. The highest BCUT2D eigenvalue weighted by Gasteiger charge is 2.16. The van der Waals surface area contributed by atoms with E-state index in [1.54, 1.807) is 44.2 Å². The van der Waals surface area contributed by atoms with Crippen molar-refractivity contribution in [1.82, 2.24) is 0 Å². The third-order valence-corrected chi connectivity index (χ3v) is 4.28. The zero-order chi connectivity index (χ0) is 16.8. The molecular formula is C16H16ClNO4S. The van der Waals surface area contributed by atoms with Crippen molar-refractivity contribution >= 4 is 39.8 Å². The van der Waals surface area contributed by atoms with Crippen LogP contribution in [0.2, 0.25) is 5.02 Å². The van der Waals surface area contributed by atoms with Gasteiger partial charge in [-0.15, -0.1) is 11.3 Å². The van der Waals surface area contributed by atoms with E-state index in [9.17, 15) is 9.59 Å². The molecule has 2 rings (SSSR count). The van der Waals surface area contributed by atoms with Gasteiger partial charge in [0.25, 0.3) is 5.91 Å². The van der Waals surface area contributed by atoms with Gasteiger partial charge < -0.3 is 14.8 Å². The Labute approximate surface area is 143 Å². The molecule has 0 saturated carbocycles. The van der Waals surface area contributed by atoms with Gasteiger partial charge in [-0.05, 0) is 37.6 Å². The van der Waals surface area contributed by atoms with Gasteiger partial charge in [0.2, 0.25) is 0 Å². The SMILES string of the molecule is CCOC(=O)c1sc(NC(=O)COc2ccccc2Cl)cc1C. The van der Waals surface area contributed by atoms with E-state index in [-0.39, 0.29) is 18.5 Å². The van der Waals surface area contributed by atoms with Crippen molar-refractivity contribution in [2.24, 2.45) is 0 Å². The lowest BCUT2D eigenvalue weighted by molar-refractivity contribution is -0.118. The summed E-state index contributed by atoms with van der Waals surface area (Å²) >= 11 is 7.12. The van der Waals surface area contributed by atoms with Gasteiger partial charge in [-0.2, -0.15) is 0 Å². The van der Waals surface area contributed by atoms with Crippen LogP contribution >= 0.6 is 22.9 Å². The van der Waals surface area contributed by atoms with Crippen molar-refractivity contribution in [3.05, 3.63) is 45.8 Å². The molecule has 0 fully saturated rings. The lowest BCUT2D eigenvalue weighted by atomic mass is 10.3. The number of esters is 1. The van der Waals surface area contributed by atoms with E-state index in [1.165, 1.54) is 11.3 Å². The van der Waals surface area contributed by atoms with E-state index in [2.05, 4.69) is 5.32 Å². The maximum atomic E-state index is 11.9. The number of amides is 1. The van der Waals surface area contributed by atoms with Gasteiger partial charge in [-0.25, -0.2) is 4.79 Å². The van der Waals surface area contributed by atoms with E-state index >= 15 is 0 Å². The van der Waals surface area contributed by atoms with Gasteiger partial charge in [0.05, 0.1) is 16.6 Å². The minimum Gasteiger partial charge on any atom is -0.482 e. The largest absolute Gasteiger partial charge is 0.482 e. The molecule has 0 aliphatic heterocycles. The minimum absolute atomic E-state index is 0.171. The molecule has 1 amide bonds. The van der Waals surface area contributed by atoms with Crippen molar-refractivity contribution in [1.29, 1.82) is 0 Å². The van der Waals surface area contributed by atoms with Crippen LogP contribution in [0.3, 0.4) is 0 Å². The fourth-order valence-corrected chi connectivity index (χ4v) is 2.99. The van der Waals surface area contributed by atoms with Crippen LogP contribution in [0, 0.1) is 6.92 Å². The zero-order valence-electron chi connectivity index (χ0n) is 12.7. The number of carbonyl (C=O) groups is 2. The second kappa shape index (κ2) is 7.99. The number of anilines is 1. The molecule has 122 valence electrons. The van der Waals surface area contributed by atoms with Gasteiger partial charge >= 0.3 is 5.97 Å². The summed E-state index contributed by atoms with van der Waals surface area (Å²) in [7, 11) is 0. The molecule has 7 heteroatoms. The van der Waals surface area contributed by atoms with Gasteiger partial charge in [0.1, 0.15) is 10.6 Å². The quantitative estimate of drug-likeness (QED) is 0.800. The lowest BCUT2D eigenvalue weighted by Gasteiger charge is -2.07. The molecule has 0 atom stereocenters. The standard InChI is InChI=1S/C16H16ClNO4S/c1-3-21-16(20)15-10(2)8-14(23-15)18-13(19)9-22-12-7-5-4-6-11(12)17/h4-8H,3,9H2,1-2H3,(H,18,19). The van der Waals surface area contributed by atoms with Crippen LogP contribution in [0.1, 0.15) is 22.2 Å². The van der Waals surface area contributed by atoms with Gasteiger partial charge in [-0.3, -0.25) is 4.79 Å². The van der Waals surface area contributed by atoms with Crippen molar-refractivity contribution in [3.8, 4) is 5.75 Å². The summed E-state index contributed by atoms with van der Waals surface area (Å²) in [6.45, 7) is 3.67. The number of benzene rings is 1. The Morgan fingerprint density at radius 1 is 1.30 bits per heavy atom. The van der Waals surface area contributed by atoms with Crippen LogP contribution in [-0.2, 0) is 9.53 Å². The molecule has 23 heavy (non-hydrogen) atoms. The smallest absolute Gasteiger partial charge is 0.348 e. The number of rotatable bonds is 6. The molecule has 0 aliphatic rings. The highest BCUT2D eigenvalue weighted by atomic mass is 35.5. The molecule has 0 bridgehead atoms. The fraction of sp³-hybridized carbons (Fsp3) is 0.250. The van der Waals surface area contributed by atoms with Crippen molar-refractivity contribution in [2.75, 3.05) is 18.5 Å². The van der Waals surface area contributed by atoms with Crippen LogP contribution in [0.5, 0.6) is 5.75 Å². The van der Waals surface area contributed by atoms with E-state index in [0.717, 1.165) is 5.56 Å². The molecular weight excluding hydrogens is 338 g/mol. The molecule has 0 unspecified atom stereocenters. The van der Waals surface area contributed by atoms with Crippen molar-refractivity contribution in [2.45, 2.75) is 13.8 Å². The highest BCUT2D eigenvalue weighted by molar-refractivity contribution is 7.18. The molecule has 1 aromatic heterocycles. The summed E-state index contributed by atoms with van der Waals surface area (Å²) in [5, 5.41) is 3.70. The van der Waals surface area contributed by atoms with Crippen molar-refractivity contribution in [3.63, 3.8) is 0 Å². The molecule has 0 radical (unpaired) electrons. The number of halogens is 1. The number of thiophene rings is 1. The van der Waals surface area contributed by atoms with Gasteiger partial charge in [-0.1, -0.05) is 23.7 Å². The Kier molecular flexibility index (Phi) is 6.01. The number of hydrogen-bond acceptors (Lipinski definition) is 5. The maximum absolute atomic E-state index is 11.9. The predicted octanol–water partition coefficient (Wildman–Crippen LogP) is 3.90. The second-order valence-corrected chi connectivity index (χ2v) is 6.07. The number of hydrogen-bond donors (Lipinski definition) is 1. The summed E-state index contributed by atoms with van der Waals surface area (Å²) < 4.78 is 10.3. The first-order chi connectivity index (χ1) is 11.0. The molecule has 0 saturated heterocycles. The second-order valence-electron chi connectivity index (χ2n) is 4.61. The Hall–Kier alpha value is -2.05. The molecule has 5 nitrogen and oxygen atoms in total. The Morgan fingerprint density at radius 2 is 2.04 bits per heavy atom.